The number of aromatic amines is 1. The smallest absolute Gasteiger partial charge is 0.191 e. The molecule has 152 valence electrons. The van der Waals surface area contributed by atoms with E-state index in [0.29, 0.717) is 37.3 Å². The van der Waals surface area contributed by atoms with Gasteiger partial charge in [-0.25, -0.2) is 4.98 Å². The number of aliphatic imine (C=N–C) groups is 1. The number of hydrogen-bond acceptors (Lipinski definition) is 5. The van der Waals surface area contributed by atoms with Crippen molar-refractivity contribution in [3.63, 3.8) is 0 Å². The van der Waals surface area contributed by atoms with Crippen LogP contribution in [-0.2, 0) is 13.1 Å². The Balaban J connectivity index is 1.55. The van der Waals surface area contributed by atoms with E-state index >= 15 is 0 Å². The van der Waals surface area contributed by atoms with Gasteiger partial charge >= 0.3 is 0 Å². The van der Waals surface area contributed by atoms with Gasteiger partial charge in [0.25, 0.3) is 0 Å². The number of nitrogens with one attached hydrogen (secondary N) is 3. The van der Waals surface area contributed by atoms with Crippen LogP contribution in [0.15, 0.2) is 53.5 Å². The summed E-state index contributed by atoms with van der Waals surface area (Å²) in [6.07, 6.45) is 0. The van der Waals surface area contributed by atoms with Gasteiger partial charge in [-0.3, -0.25) is 10.1 Å². The van der Waals surface area contributed by atoms with Crippen molar-refractivity contribution < 1.29 is 9.47 Å². The van der Waals surface area contributed by atoms with E-state index in [2.05, 4.69) is 30.8 Å². The maximum atomic E-state index is 5.66. The predicted octanol–water partition coefficient (Wildman–Crippen LogP) is 2.74. The fourth-order valence-electron chi connectivity index (χ4n) is 2.76. The molecule has 0 fully saturated rings. The highest BCUT2D eigenvalue weighted by Crippen LogP contribution is 2.19. The van der Waals surface area contributed by atoms with E-state index in [-0.39, 0.29) is 0 Å². The van der Waals surface area contributed by atoms with Gasteiger partial charge in [0.15, 0.2) is 11.8 Å². The van der Waals surface area contributed by atoms with Crippen LogP contribution in [0.4, 0.5) is 0 Å². The number of benzene rings is 2. The molecule has 0 spiro atoms. The number of guanidine groups is 1. The molecule has 29 heavy (non-hydrogen) atoms. The SMILES string of the molecule is CCOc1ccccc1CNC(=NC)NCc1nc(-c2ccc(OC)cc2)n[nH]1. The number of H-pyrrole nitrogens is 1. The fourth-order valence-corrected chi connectivity index (χ4v) is 2.76. The molecule has 0 saturated carbocycles. The Labute approximate surface area is 170 Å². The van der Waals surface area contributed by atoms with Crippen LogP contribution in [0.1, 0.15) is 18.3 Å². The molecule has 8 heteroatoms. The van der Waals surface area contributed by atoms with Crippen LogP contribution in [0.3, 0.4) is 0 Å². The molecule has 0 aliphatic rings. The maximum absolute atomic E-state index is 5.66. The molecule has 0 atom stereocenters. The van der Waals surface area contributed by atoms with E-state index in [1.54, 1.807) is 14.2 Å². The van der Waals surface area contributed by atoms with Gasteiger partial charge in [0.1, 0.15) is 17.3 Å². The average molecular weight is 394 g/mol. The minimum Gasteiger partial charge on any atom is -0.497 e. The third kappa shape index (κ3) is 5.47. The number of hydrogen-bond donors (Lipinski definition) is 3. The summed E-state index contributed by atoms with van der Waals surface area (Å²) in [5.41, 5.74) is 1.99. The van der Waals surface area contributed by atoms with Crippen LogP contribution >= 0.6 is 0 Å². The normalized spacial score (nSPS) is 11.2. The van der Waals surface area contributed by atoms with Gasteiger partial charge in [-0.2, -0.15) is 5.10 Å². The summed E-state index contributed by atoms with van der Waals surface area (Å²) in [6.45, 7) is 3.67. The summed E-state index contributed by atoms with van der Waals surface area (Å²) < 4.78 is 10.8. The average Bonchev–Trinajstić information content (AvgIpc) is 3.24. The number of para-hydroxylation sites is 1. The van der Waals surface area contributed by atoms with Crippen molar-refractivity contribution in [2.24, 2.45) is 4.99 Å². The van der Waals surface area contributed by atoms with E-state index in [1.807, 2.05) is 55.5 Å². The molecule has 0 saturated heterocycles. The molecule has 0 radical (unpaired) electrons. The molecule has 3 aromatic rings. The standard InChI is InChI=1S/C21H26N6O2/c1-4-29-18-8-6-5-7-16(18)13-23-21(22-2)24-14-19-25-20(27-26-19)15-9-11-17(28-3)12-10-15/h5-12H,4,13-14H2,1-3H3,(H2,22,23,24)(H,25,26,27). The van der Waals surface area contributed by atoms with E-state index < -0.39 is 0 Å². The van der Waals surface area contributed by atoms with E-state index in [0.717, 1.165) is 22.6 Å². The van der Waals surface area contributed by atoms with Crippen LogP contribution in [0.2, 0.25) is 0 Å². The van der Waals surface area contributed by atoms with Crippen LogP contribution < -0.4 is 20.1 Å². The molecule has 0 unspecified atom stereocenters. The first-order chi connectivity index (χ1) is 14.2. The van der Waals surface area contributed by atoms with Gasteiger partial charge in [-0.1, -0.05) is 18.2 Å². The van der Waals surface area contributed by atoms with Crippen LogP contribution in [0.5, 0.6) is 11.5 Å². The largest absolute Gasteiger partial charge is 0.497 e. The van der Waals surface area contributed by atoms with Crippen molar-refractivity contribution in [3.05, 3.63) is 59.9 Å². The Kier molecular flexibility index (Phi) is 7.05. The van der Waals surface area contributed by atoms with Crippen LogP contribution in [-0.4, -0.2) is 41.9 Å². The zero-order valence-electron chi connectivity index (χ0n) is 16.9. The zero-order chi connectivity index (χ0) is 20.5. The van der Waals surface area contributed by atoms with Crippen molar-refractivity contribution in [1.82, 2.24) is 25.8 Å². The van der Waals surface area contributed by atoms with Crippen molar-refractivity contribution in [3.8, 4) is 22.9 Å². The third-order valence-corrected chi connectivity index (χ3v) is 4.25. The molecule has 1 aromatic heterocycles. The summed E-state index contributed by atoms with van der Waals surface area (Å²) in [5.74, 6) is 3.69. The fraction of sp³-hybridized carbons (Fsp3) is 0.286. The van der Waals surface area contributed by atoms with Crippen LogP contribution in [0.25, 0.3) is 11.4 Å². The lowest BCUT2D eigenvalue weighted by molar-refractivity contribution is 0.336. The number of nitrogens with zero attached hydrogens (tertiary/aromatic N) is 3. The van der Waals surface area contributed by atoms with Crippen LogP contribution in [0, 0.1) is 0 Å². The number of methoxy groups -OCH3 is 1. The quantitative estimate of drug-likeness (QED) is 0.402. The van der Waals surface area contributed by atoms with Crippen molar-refractivity contribution in [2.75, 3.05) is 20.8 Å². The Hall–Kier alpha value is -3.55. The van der Waals surface area contributed by atoms with E-state index in [4.69, 9.17) is 9.47 Å². The predicted molar refractivity (Wildman–Crippen MR) is 113 cm³/mol. The molecule has 0 aliphatic heterocycles. The topological polar surface area (TPSA) is 96.4 Å². The van der Waals surface area contributed by atoms with Gasteiger partial charge < -0.3 is 20.1 Å². The molecule has 3 rings (SSSR count). The highest BCUT2D eigenvalue weighted by atomic mass is 16.5. The molecule has 0 amide bonds. The Morgan fingerprint density at radius 2 is 1.83 bits per heavy atom. The Morgan fingerprint density at radius 3 is 2.55 bits per heavy atom. The summed E-state index contributed by atoms with van der Waals surface area (Å²) in [7, 11) is 3.37. The van der Waals surface area contributed by atoms with E-state index in [1.165, 1.54) is 0 Å². The monoisotopic (exact) mass is 394 g/mol. The summed E-state index contributed by atoms with van der Waals surface area (Å²) in [6, 6.07) is 15.6. The maximum Gasteiger partial charge on any atom is 0.191 e. The van der Waals surface area contributed by atoms with Gasteiger partial charge in [0.2, 0.25) is 0 Å². The zero-order valence-corrected chi connectivity index (χ0v) is 16.9. The second kappa shape index (κ2) is 10.1. The van der Waals surface area contributed by atoms with E-state index in [9.17, 15) is 0 Å². The highest BCUT2D eigenvalue weighted by molar-refractivity contribution is 5.79. The lowest BCUT2D eigenvalue weighted by Gasteiger charge is -2.13. The van der Waals surface area contributed by atoms with Gasteiger partial charge in [0, 0.05) is 24.7 Å². The molecule has 1 heterocycles. The first-order valence-corrected chi connectivity index (χ1v) is 9.44. The number of rotatable bonds is 8. The molecule has 0 bridgehead atoms. The minimum absolute atomic E-state index is 0.468. The van der Waals surface area contributed by atoms with Gasteiger partial charge in [-0.05, 0) is 37.3 Å². The Bertz CT molecular complexity index is 936. The number of aromatic nitrogens is 3. The van der Waals surface area contributed by atoms with Crippen molar-refractivity contribution in [1.29, 1.82) is 0 Å². The van der Waals surface area contributed by atoms with Crippen molar-refractivity contribution >= 4 is 5.96 Å². The van der Waals surface area contributed by atoms with Crippen molar-refractivity contribution in [2.45, 2.75) is 20.0 Å². The lowest BCUT2D eigenvalue weighted by Crippen LogP contribution is -2.36. The lowest BCUT2D eigenvalue weighted by atomic mass is 10.2. The first-order valence-electron chi connectivity index (χ1n) is 9.44. The summed E-state index contributed by atoms with van der Waals surface area (Å²) in [5, 5.41) is 13.8. The summed E-state index contributed by atoms with van der Waals surface area (Å²) >= 11 is 0. The highest BCUT2D eigenvalue weighted by Gasteiger charge is 2.08. The van der Waals surface area contributed by atoms with Gasteiger partial charge in [-0.15, -0.1) is 0 Å². The summed E-state index contributed by atoms with van der Waals surface area (Å²) in [4.78, 5) is 8.78. The molecular weight excluding hydrogens is 368 g/mol. The van der Waals surface area contributed by atoms with Gasteiger partial charge in [0.05, 0.1) is 20.3 Å². The molecule has 2 aromatic carbocycles. The number of ether oxygens (including phenoxy) is 2. The second-order valence-corrected chi connectivity index (χ2v) is 6.15. The third-order valence-electron chi connectivity index (χ3n) is 4.25. The second-order valence-electron chi connectivity index (χ2n) is 6.15. The Morgan fingerprint density at radius 1 is 1.07 bits per heavy atom. The first kappa shape index (κ1) is 20.2. The minimum atomic E-state index is 0.468. The molecular formula is C21H26N6O2. The molecule has 0 aliphatic carbocycles. The molecule has 8 nitrogen and oxygen atoms in total. The molecule has 3 N–H and O–H groups in total.